The molecule has 3 aromatic rings. The molecule has 0 saturated heterocycles. The molecular weight excluding hydrogens is 324 g/mol. The van der Waals surface area contributed by atoms with Crippen LogP contribution in [0.3, 0.4) is 0 Å². The van der Waals surface area contributed by atoms with Gasteiger partial charge in [0.2, 0.25) is 0 Å². The van der Waals surface area contributed by atoms with Gasteiger partial charge in [-0.15, -0.1) is 0 Å². The molecular formula is C22H26N2O2. The van der Waals surface area contributed by atoms with Crippen molar-refractivity contribution in [3.8, 4) is 0 Å². The van der Waals surface area contributed by atoms with Crippen LogP contribution in [0.15, 0.2) is 57.7 Å². The molecule has 136 valence electrons. The van der Waals surface area contributed by atoms with Crippen LogP contribution in [0.4, 0.5) is 0 Å². The second kappa shape index (κ2) is 7.85. The zero-order valence-corrected chi connectivity index (χ0v) is 15.9. The Bertz CT molecular complexity index is 946. The minimum atomic E-state index is -0.296. The fraction of sp³-hybridized carbons (Fsp3) is 0.318. The molecule has 4 heteroatoms. The Balaban J connectivity index is 1.81. The third-order valence-electron chi connectivity index (χ3n) is 4.98. The standard InChI is InChI=1S/C22H26N2O2/c1-15-10-11-19-18(12-21(25)26-22(19)16(15)2)13-23-14-20(24(3)4)17-8-6-5-7-9-17/h5-12,20,23H,13-14H2,1-4H3/t20-/m0/s1. The van der Waals surface area contributed by atoms with E-state index in [4.69, 9.17) is 4.42 Å². The maximum absolute atomic E-state index is 12.0. The molecule has 1 atom stereocenters. The Morgan fingerprint density at radius 1 is 1.08 bits per heavy atom. The molecule has 0 unspecified atom stereocenters. The molecule has 0 aliphatic rings. The maximum Gasteiger partial charge on any atom is 0.336 e. The summed E-state index contributed by atoms with van der Waals surface area (Å²) in [6.45, 7) is 5.45. The molecule has 0 fully saturated rings. The van der Waals surface area contributed by atoms with Gasteiger partial charge in [-0.05, 0) is 50.2 Å². The van der Waals surface area contributed by atoms with Gasteiger partial charge in [0, 0.05) is 30.6 Å². The highest BCUT2D eigenvalue weighted by atomic mass is 16.4. The van der Waals surface area contributed by atoms with Crippen molar-refractivity contribution >= 4 is 11.0 Å². The van der Waals surface area contributed by atoms with Crippen molar-refractivity contribution in [2.75, 3.05) is 20.6 Å². The summed E-state index contributed by atoms with van der Waals surface area (Å²) in [5.74, 6) is 0. The monoisotopic (exact) mass is 350 g/mol. The molecule has 26 heavy (non-hydrogen) atoms. The molecule has 3 rings (SSSR count). The second-order valence-corrected chi connectivity index (χ2v) is 7.00. The maximum atomic E-state index is 12.0. The van der Waals surface area contributed by atoms with E-state index in [1.807, 2.05) is 26.0 Å². The lowest BCUT2D eigenvalue weighted by Gasteiger charge is -2.25. The highest BCUT2D eigenvalue weighted by Gasteiger charge is 2.14. The van der Waals surface area contributed by atoms with Crippen LogP contribution in [0.2, 0.25) is 0 Å². The molecule has 0 radical (unpaired) electrons. The summed E-state index contributed by atoms with van der Waals surface area (Å²) in [7, 11) is 4.16. The Morgan fingerprint density at radius 2 is 1.81 bits per heavy atom. The summed E-state index contributed by atoms with van der Waals surface area (Å²) in [6.07, 6.45) is 0. The lowest BCUT2D eigenvalue weighted by Crippen LogP contribution is -2.31. The van der Waals surface area contributed by atoms with Crippen LogP contribution in [0, 0.1) is 13.8 Å². The Kier molecular flexibility index (Phi) is 5.55. The summed E-state index contributed by atoms with van der Waals surface area (Å²) in [6, 6.07) is 16.4. The molecule has 1 heterocycles. The number of rotatable bonds is 6. The average Bonchev–Trinajstić information content (AvgIpc) is 2.62. The zero-order chi connectivity index (χ0) is 18.7. The summed E-state index contributed by atoms with van der Waals surface area (Å²) in [5.41, 5.74) is 4.80. The van der Waals surface area contributed by atoms with E-state index in [1.165, 1.54) is 5.56 Å². The fourth-order valence-electron chi connectivity index (χ4n) is 3.29. The van der Waals surface area contributed by atoms with E-state index in [0.717, 1.165) is 28.6 Å². The highest BCUT2D eigenvalue weighted by molar-refractivity contribution is 5.83. The summed E-state index contributed by atoms with van der Waals surface area (Å²) in [5, 5.41) is 4.51. The largest absolute Gasteiger partial charge is 0.422 e. The average molecular weight is 350 g/mol. The van der Waals surface area contributed by atoms with Gasteiger partial charge in [0.1, 0.15) is 5.58 Å². The van der Waals surface area contributed by atoms with Gasteiger partial charge in [-0.2, -0.15) is 0 Å². The van der Waals surface area contributed by atoms with E-state index in [1.54, 1.807) is 6.07 Å². The van der Waals surface area contributed by atoms with Gasteiger partial charge in [0.25, 0.3) is 0 Å². The smallest absolute Gasteiger partial charge is 0.336 e. The topological polar surface area (TPSA) is 45.5 Å². The number of aryl methyl sites for hydroxylation is 2. The molecule has 1 N–H and O–H groups in total. The fourth-order valence-corrected chi connectivity index (χ4v) is 3.29. The first-order valence-corrected chi connectivity index (χ1v) is 8.92. The number of nitrogens with one attached hydrogen (secondary N) is 1. The number of hydrogen-bond donors (Lipinski definition) is 1. The lowest BCUT2D eigenvalue weighted by molar-refractivity contribution is 0.288. The van der Waals surface area contributed by atoms with E-state index < -0.39 is 0 Å². The third kappa shape index (κ3) is 3.87. The number of fused-ring (bicyclic) bond motifs is 1. The van der Waals surface area contributed by atoms with E-state index in [2.05, 4.69) is 54.6 Å². The van der Waals surface area contributed by atoms with Crippen molar-refractivity contribution in [1.29, 1.82) is 0 Å². The zero-order valence-electron chi connectivity index (χ0n) is 15.9. The normalized spacial score (nSPS) is 12.7. The van der Waals surface area contributed by atoms with Crippen molar-refractivity contribution in [2.24, 2.45) is 0 Å². The summed E-state index contributed by atoms with van der Waals surface area (Å²) >= 11 is 0. The quantitative estimate of drug-likeness (QED) is 0.687. The predicted molar refractivity (Wildman–Crippen MR) is 107 cm³/mol. The van der Waals surface area contributed by atoms with Gasteiger partial charge in [0.05, 0.1) is 0 Å². The molecule has 0 amide bonds. The van der Waals surface area contributed by atoms with Crippen molar-refractivity contribution in [3.63, 3.8) is 0 Å². The van der Waals surface area contributed by atoms with Crippen LogP contribution >= 0.6 is 0 Å². The van der Waals surface area contributed by atoms with Crippen LogP contribution in [0.1, 0.15) is 28.3 Å². The van der Waals surface area contributed by atoms with Crippen molar-refractivity contribution in [2.45, 2.75) is 26.4 Å². The predicted octanol–water partition coefficient (Wildman–Crippen LogP) is 3.80. The van der Waals surface area contributed by atoms with E-state index in [0.29, 0.717) is 12.1 Å². The van der Waals surface area contributed by atoms with Crippen LogP contribution < -0.4 is 10.9 Å². The van der Waals surface area contributed by atoms with E-state index >= 15 is 0 Å². The first-order valence-electron chi connectivity index (χ1n) is 8.92. The van der Waals surface area contributed by atoms with Gasteiger partial charge in [0.15, 0.2) is 0 Å². The second-order valence-electron chi connectivity index (χ2n) is 7.00. The Morgan fingerprint density at radius 3 is 2.50 bits per heavy atom. The van der Waals surface area contributed by atoms with Gasteiger partial charge in [-0.1, -0.05) is 42.5 Å². The molecule has 0 spiro atoms. The molecule has 0 saturated carbocycles. The van der Waals surface area contributed by atoms with Gasteiger partial charge < -0.3 is 14.6 Å². The van der Waals surface area contributed by atoms with Gasteiger partial charge in [-0.3, -0.25) is 0 Å². The first kappa shape index (κ1) is 18.4. The third-order valence-corrected chi connectivity index (χ3v) is 4.98. The molecule has 4 nitrogen and oxygen atoms in total. The van der Waals surface area contributed by atoms with Gasteiger partial charge in [-0.25, -0.2) is 4.79 Å². The van der Waals surface area contributed by atoms with Crippen molar-refractivity contribution in [3.05, 3.63) is 81.2 Å². The number of hydrogen-bond acceptors (Lipinski definition) is 4. The lowest BCUT2D eigenvalue weighted by atomic mass is 10.0. The Hall–Kier alpha value is -2.43. The summed E-state index contributed by atoms with van der Waals surface area (Å²) in [4.78, 5) is 14.2. The van der Waals surface area contributed by atoms with Crippen LogP contribution in [0.5, 0.6) is 0 Å². The van der Waals surface area contributed by atoms with Crippen molar-refractivity contribution < 1.29 is 4.42 Å². The number of benzene rings is 2. The minimum Gasteiger partial charge on any atom is -0.422 e. The van der Waals surface area contributed by atoms with Crippen LogP contribution in [0.25, 0.3) is 11.0 Å². The first-order chi connectivity index (χ1) is 12.5. The minimum absolute atomic E-state index is 0.270. The molecule has 2 aromatic carbocycles. The molecule has 0 aliphatic heterocycles. The van der Waals surface area contributed by atoms with Crippen LogP contribution in [-0.4, -0.2) is 25.5 Å². The highest BCUT2D eigenvalue weighted by Crippen LogP contribution is 2.23. The number of likely N-dealkylation sites (N-methyl/N-ethyl adjacent to an activating group) is 1. The summed E-state index contributed by atoms with van der Waals surface area (Å²) < 4.78 is 5.46. The van der Waals surface area contributed by atoms with Gasteiger partial charge >= 0.3 is 5.63 Å². The van der Waals surface area contributed by atoms with Crippen molar-refractivity contribution in [1.82, 2.24) is 10.2 Å². The SMILES string of the molecule is Cc1ccc2c(CNC[C@@H](c3ccccc3)N(C)C)cc(=O)oc2c1C. The van der Waals surface area contributed by atoms with E-state index in [-0.39, 0.29) is 11.7 Å². The Labute approximate surface area is 154 Å². The molecule has 1 aromatic heterocycles. The van der Waals surface area contributed by atoms with E-state index in [9.17, 15) is 4.79 Å². The molecule has 0 bridgehead atoms. The van der Waals surface area contributed by atoms with Crippen LogP contribution in [-0.2, 0) is 6.54 Å². The number of nitrogens with zero attached hydrogens (tertiary/aromatic N) is 1. The molecule has 0 aliphatic carbocycles.